The highest BCUT2D eigenvalue weighted by molar-refractivity contribution is 7.86. The molecule has 4 nitrogen and oxygen atoms in total. The van der Waals surface area contributed by atoms with E-state index in [9.17, 15) is 9.00 Å². The molecule has 0 bridgehead atoms. The Bertz CT molecular complexity index is 480. The van der Waals surface area contributed by atoms with Gasteiger partial charge in [0.25, 0.3) is 0 Å². The van der Waals surface area contributed by atoms with Crippen LogP contribution in [0.4, 0.5) is 5.69 Å². The van der Waals surface area contributed by atoms with Crippen LogP contribution in [0.25, 0.3) is 0 Å². The van der Waals surface area contributed by atoms with Crippen LogP contribution in [0, 0.1) is 0 Å². The lowest BCUT2D eigenvalue weighted by Gasteiger charge is -2.13. The number of hydrogen-bond donors (Lipinski definition) is 2. The second-order valence-electron chi connectivity index (χ2n) is 4.27. The number of halogens is 1. The minimum Gasteiger partial charge on any atom is -0.398 e. The van der Waals surface area contributed by atoms with Crippen LogP contribution in [-0.4, -0.2) is 21.9 Å². The van der Waals surface area contributed by atoms with Crippen molar-refractivity contribution in [1.29, 1.82) is 0 Å². The molecule has 0 saturated heterocycles. The van der Waals surface area contributed by atoms with E-state index in [0.717, 1.165) is 12.8 Å². The zero-order chi connectivity index (χ0) is 14.4. The zero-order valence-corrected chi connectivity index (χ0v) is 12.7. The van der Waals surface area contributed by atoms with E-state index in [4.69, 9.17) is 17.3 Å². The van der Waals surface area contributed by atoms with Crippen LogP contribution in [0.1, 0.15) is 26.7 Å². The van der Waals surface area contributed by atoms with Gasteiger partial charge >= 0.3 is 0 Å². The molecular weight excluding hydrogens is 284 g/mol. The molecule has 0 saturated carbocycles. The molecule has 1 rings (SSSR count). The third-order valence-corrected chi connectivity index (χ3v) is 4.61. The number of carbonyl (C=O) groups is 1. The molecule has 1 amide bonds. The molecule has 106 valence electrons. The molecule has 2 unspecified atom stereocenters. The number of hydrogen-bond acceptors (Lipinski definition) is 3. The van der Waals surface area contributed by atoms with Gasteiger partial charge in [-0.3, -0.25) is 9.00 Å². The number of nitrogen functional groups attached to an aromatic ring is 1. The molecule has 3 N–H and O–H groups in total. The Morgan fingerprint density at radius 3 is 2.79 bits per heavy atom. The molecule has 0 aliphatic heterocycles. The lowest BCUT2D eigenvalue weighted by Crippen LogP contribution is -2.36. The molecule has 0 fully saturated rings. The number of rotatable bonds is 6. The van der Waals surface area contributed by atoms with E-state index in [2.05, 4.69) is 5.32 Å². The summed E-state index contributed by atoms with van der Waals surface area (Å²) in [7, 11) is -1.48. The molecule has 1 aromatic rings. The number of anilines is 1. The second-order valence-corrected chi connectivity index (χ2v) is 6.44. The van der Waals surface area contributed by atoms with Crippen molar-refractivity contribution in [2.24, 2.45) is 0 Å². The Kier molecular flexibility index (Phi) is 6.31. The Morgan fingerprint density at radius 1 is 1.53 bits per heavy atom. The van der Waals surface area contributed by atoms with Gasteiger partial charge in [-0.15, -0.1) is 0 Å². The lowest BCUT2D eigenvalue weighted by atomic mass is 10.3. The summed E-state index contributed by atoms with van der Waals surface area (Å²) in [5.41, 5.74) is 6.12. The van der Waals surface area contributed by atoms with Crippen LogP contribution in [-0.2, 0) is 15.6 Å². The first-order valence-corrected chi connectivity index (χ1v) is 7.79. The van der Waals surface area contributed by atoms with Crippen molar-refractivity contribution in [3.8, 4) is 0 Å². The van der Waals surface area contributed by atoms with Crippen LogP contribution >= 0.6 is 11.6 Å². The van der Waals surface area contributed by atoms with Crippen molar-refractivity contribution >= 4 is 34.0 Å². The summed E-state index contributed by atoms with van der Waals surface area (Å²) in [6.45, 7) is 4.28. The molecule has 2 atom stereocenters. The van der Waals surface area contributed by atoms with Gasteiger partial charge in [0.1, 0.15) is 5.25 Å². The van der Waals surface area contributed by atoms with Crippen LogP contribution < -0.4 is 11.1 Å². The summed E-state index contributed by atoms with van der Waals surface area (Å²) in [6, 6.07) is 4.76. The van der Waals surface area contributed by atoms with E-state index in [-0.39, 0.29) is 5.91 Å². The van der Waals surface area contributed by atoms with Gasteiger partial charge in [0.05, 0.1) is 15.7 Å². The van der Waals surface area contributed by atoms with Gasteiger partial charge < -0.3 is 11.1 Å². The van der Waals surface area contributed by atoms with Gasteiger partial charge in [0.2, 0.25) is 5.91 Å². The predicted octanol–water partition coefficient (Wildman–Crippen LogP) is 2.33. The quantitative estimate of drug-likeness (QED) is 0.626. The fraction of sp³-hybridized carbons (Fsp3) is 0.462. The minimum absolute atomic E-state index is 0.221. The van der Waals surface area contributed by atoms with Crippen molar-refractivity contribution in [3.63, 3.8) is 0 Å². The van der Waals surface area contributed by atoms with Crippen molar-refractivity contribution < 1.29 is 9.00 Å². The average Bonchev–Trinajstić information content (AvgIpc) is 2.37. The largest absolute Gasteiger partial charge is 0.398 e. The van der Waals surface area contributed by atoms with Crippen LogP contribution in [0.3, 0.4) is 0 Å². The molecule has 0 aliphatic carbocycles. The number of unbranched alkanes of at least 4 members (excludes halogenated alkanes) is 1. The molecule has 6 heteroatoms. The Hall–Kier alpha value is -1.07. The topological polar surface area (TPSA) is 72.2 Å². The predicted molar refractivity (Wildman–Crippen MR) is 79.7 cm³/mol. The maximum absolute atomic E-state index is 12.3. The van der Waals surface area contributed by atoms with Crippen molar-refractivity contribution in [2.45, 2.75) is 36.8 Å². The highest BCUT2D eigenvalue weighted by Gasteiger charge is 2.22. The average molecular weight is 303 g/mol. The molecule has 0 aliphatic rings. The number of amides is 1. The number of nitrogens with two attached hydrogens (primary N) is 1. The second kappa shape index (κ2) is 7.50. The molecule has 0 heterocycles. The normalized spacial score (nSPS) is 13.8. The Labute approximate surface area is 121 Å². The lowest BCUT2D eigenvalue weighted by molar-refractivity contribution is -0.120. The molecule has 0 spiro atoms. The minimum atomic E-state index is -1.48. The standard InChI is InChI=1S/C13H19ClN2O2S/c1-3-4-7-16-13(17)9(2)19(18)12-6-5-10(14)8-11(12)15/h5-6,8-9H,3-4,7,15H2,1-2H3,(H,16,17). The van der Waals surface area contributed by atoms with E-state index < -0.39 is 16.0 Å². The van der Waals surface area contributed by atoms with Gasteiger partial charge in [0.15, 0.2) is 0 Å². The summed E-state index contributed by atoms with van der Waals surface area (Å²) in [6.07, 6.45) is 1.91. The highest BCUT2D eigenvalue weighted by Crippen LogP contribution is 2.23. The number of nitrogens with one attached hydrogen (secondary N) is 1. The number of carbonyl (C=O) groups excluding carboxylic acids is 1. The summed E-state index contributed by atoms with van der Waals surface area (Å²) >= 11 is 5.79. The van der Waals surface area contributed by atoms with Crippen LogP contribution in [0.15, 0.2) is 23.1 Å². The summed E-state index contributed by atoms with van der Waals surface area (Å²) in [5.74, 6) is -0.221. The van der Waals surface area contributed by atoms with E-state index >= 15 is 0 Å². The molecule has 0 radical (unpaired) electrons. The van der Waals surface area contributed by atoms with Gasteiger partial charge in [0, 0.05) is 17.3 Å². The van der Waals surface area contributed by atoms with E-state index in [1.807, 2.05) is 6.92 Å². The van der Waals surface area contributed by atoms with Gasteiger partial charge in [-0.05, 0) is 31.5 Å². The van der Waals surface area contributed by atoms with Crippen molar-refractivity contribution in [2.75, 3.05) is 12.3 Å². The van der Waals surface area contributed by atoms with Crippen LogP contribution in [0.2, 0.25) is 5.02 Å². The summed E-state index contributed by atoms with van der Waals surface area (Å²) in [5, 5.41) is 2.61. The van der Waals surface area contributed by atoms with Gasteiger partial charge in [-0.1, -0.05) is 24.9 Å². The first kappa shape index (κ1) is 16.0. The SMILES string of the molecule is CCCCNC(=O)C(C)S(=O)c1ccc(Cl)cc1N. The molecule has 19 heavy (non-hydrogen) atoms. The maximum atomic E-state index is 12.3. The first-order valence-electron chi connectivity index (χ1n) is 6.20. The maximum Gasteiger partial charge on any atom is 0.235 e. The highest BCUT2D eigenvalue weighted by atomic mass is 35.5. The zero-order valence-electron chi connectivity index (χ0n) is 11.1. The summed E-state index contributed by atoms with van der Waals surface area (Å²) in [4.78, 5) is 12.3. The molecule has 0 aromatic heterocycles. The van der Waals surface area contributed by atoms with E-state index in [0.29, 0.717) is 22.2 Å². The summed E-state index contributed by atoms with van der Waals surface area (Å²) < 4.78 is 12.3. The van der Waals surface area contributed by atoms with Gasteiger partial charge in [-0.2, -0.15) is 0 Å². The monoisotopic (exact) mass is 302 g/mol. The van der Waals surface area contributed by atoms with Crippen molar-refractivity contribution in [1.82, 2.24) is 5.32 Å². The van der Waals surface area contributed by atoms with Crippen molar-refractivity contribution in [3.05, 3.63) is 23.2 Å². The first-order chi connectivity index (χ1) is 8.97. The third-order valence-electron chi connectivity index (χ3n) is 2.71. The number of benzene rings is 1. The fourth-order valence-corrected chi connectivity index (χ4v) is 2.85. The third kappa shape index (κ3) is 4.51. The van der Waals surface area contributed by atoms with E-state index in [1.165, 1.54) is 6.07 Å². The fourth-order valence-electron chi connectivity index (χ4n) is 1.52. The van der Waals surface area contributed by atoms with Gasteiger partial charge in [-0.25, -0.2) is 0 Å². The molecule has 1 aromatic carbocycles. The Balaban J connectivity index is 2.73. The smallest absolute Gasteiger partial charge is 0.235 e. The Morgan fingerprint density at radius 2 is 2.21 bits per heavy atom. The molecular formula is C13H19ClN2O2S. The van der Waals surface area contributed by atoms with Crippen LogP contribution in [0.5, 0.6) is 0 Å². The van der Waals surface area contributed by atoms with E-state index in [1.54, 1.807) is 19.1 Å².